The smallest absolute Gasteiger partial charge is 0.418 e. The van der Waals surface area contributed by atoms with Crippen molar-refractivity contribution in [2.75, 3.05) is 33.0 Å². The molecule has 3 heterocycles. The van der Waals surface area contributed by atoms with Crippen molar-refractivity contribution >= 4 is 22.6 Å². The van der Waals surface area contributed by atoms with Gasteiger partial charge in [0.1, 0.15) is 17.1 Å². The molecule has 1 aliphatic rings. The molecule has 14 heteroatoms. The fourth-order valence-corrected chi connectivity index (χ4v) is 4.33. The molecule has 1 saturated heterocycles. The molecular weight excluding hydrogens is 529 g/mol. The number of amides is 1. The van der Waals surface area contributed by atoms with Crippen LogP contribution in [0.25, 0.3) is 10.9 Å². The zero-order valence-electron chi connectivity index (χ0n) is 20.6. The van der Waals surface area contributed by atoms with Crippen LogP contribution < -0.4 is 15.2 Å². The number of carbonyl (C=O) groups excluding carboxylic acids is 1. The Hall–Kier alpha value is -4.38. The zero-order chi connectivity index (χ0) is 28.6. The Morgan fingerprint density at radius 2 is 1.90 bits per heavy atom. The lowest BCUT2D eigenvalue weighted by Crippen LogP contribution is -2.27. The predicted octanol–water partition coefficient (Wildman–Crippen LogP) is 3.26. The van der Waals surface area contributed by atoms with Gasteiger partial charge in [0.25, 0.3) is 0 Å². The summed E-state index contributed by atoms with van der Waals surface area (Å²) in [6.07, 6.45) is -5.83. The van der Waals surface area contributed by atoms with Crippen molar-refractivity contribution in [2.45, 2.75) is 24.7 Å². The highest BCUT2D eigenvalue weighted by molar-refractivity contribution is 5.95. The molecule has 2 atom stereocenters. The Kier molecular flexibility index (Phi) is 7.38. The van der Waals surface area contributed by atoms with Crippen LogP contribution in [0.1, 0.15) is 35.4 Å². The Balaban J connectivity index is 1.96. The number of alkyl halides is 3. The maximum Gasteiger partial charge on any atom is 0.418 e. The lowest BCUT2D eigenvalue weighted by Gasteiger charge is -2.19. The number of ether oxygens (including phenoxy) is 2. The van der Waals surface area contributed by atoms with Crippen LogP contribution in [-0.2, 0) is 4.79 Å². The van der Waals surface area contributed by atoms with E-state index in [1.54, 1.807) is 0 Å². The van der Waals surface area contributed by atoms with Gasteiger partial charge in [-0.25, -0.2) is 13.8 Å². The molecular formula is C25H22F5N5O4. The second-order valence-corrected chi connectivity index (χ2v) is 8.52. The quantitative estimate of drug-likeness (QED) is 0.284. The van der Waals surface area contributed by atoms with Crippen molar-refractivity contribution in [1.29, 1.82) is 0 Å². The average molecular weight is 551 g/mol. The first-order valence-corrected chi connectivity index (χ1v) is 11.4. The molecule has 9 nitrogen and oxygen atoms in total. The fourth-order valence-electron chi connectivity index (χ4n) is 4.33. The maximum absolute atomic E-state index is 14.9. The number of benzene rings is 1. The maximum atomic E-state index is 14.9. The first-order valence-electron chi connectivity index (χ1n) is 11.4. The van der Waals surface area contributed by atoms with Gasteiger partial charge < -0.3 is 25.2 Å². The number of pyridine rings is 1. The summed E-state index contributed by atoms with van der Waals surface area (Å²) in [6, 6.07) is 0.349. The molecule has 3 N–H and O–H groups in total. The number of nitrogens with zero attached hydrogens (tertiary/aromatic N) is 4. The molecule has 39 heavy (non-hydrogen) atoms. The highest BCUT2D eigenvalue weighted by Crippen LogP contribution is 2.39. The zero-order valence-corrected chi connectivity index (χ0v) is 20.6. The van der Waals surface area contributed by atoms with Gasteiger partial charge in [0, 0.05) is 30.9 Å². The normalized spacial score (nSPS) is 16.1. The molecule has 1 aliphatic heterocycles. The van der Waals surface area contributed by atoms with Crippen molar-refractivity contribution in [2.24, 2.45) is 0 Å². The number of carbonyl (C=O) groups is 1. The van der Waals surface area contributed by atoms with E-state index in [1.807, 2.05) is 0 Å². The molecule has 1 fully saturated rings. The summed E-state index contributed by atoms with van der Waals surface area (Å²) < 4.78 is 81.4. The topological polar surface area (TPSA) is 116 Å². The monoisotopic (exact) mass is 551 g/mol. The number of aliphatic hydroxyl groups is 1. The van der Waals surface area contributed by atoms with E-state index in [0.717, 1.165) is 32.6 Å². The van der Waals surface area contributed by atoms with E-state index in [0.29, 0.717) is 6.42 Å². The summed E-state index contributed by atoms with van der Waals surface area (Å²) in [5.41, 5.74) is 4.14. The molecule has 3 aromatic rings. The van der Waals surface area contributed by atoms with E-state index in [9.17, 15) is 31.9 Å². The molecule has 0 saturated carbocycles. The van der Waals surface area contributed by atoms with Crippen LogP contribution in [-0.4, -0.2) is 64.2 Å². The third-order valence-corrected chi connectivity index (χ3v) is 6.26. The standard InChI is InChI=1S/C25H22F5N5O4/c1-4-18(36)34-8-7-12(11-34)35-22-14(23(37)25(28,29)30)10-32-24(31)19(22)15(33-35)6-5-13-20(26)16(38-2)9-17(39-3)21(13)27/h4,9-10,12,23,37H,1,7-8,11H2,2-3H3,(H2,31,32)/t12-,23+/m0/s1. The third-order valence-electron chi connectivity index (χ3n) is 6.26. The number of anilines is 1. The van der Waals surface area contributed by atoms with E-state index < -0.39 is 41.1 Å². The minimum absolute atomic E-state index is 0.0641. The van der Waals surface area contributed by atoms with Gasteiger partial charge in [-0.15, -0.1) is 0 Å². The third kappa shape index (κ3) is 4.92. The van der Waals surface area contributed by atoms with E-state index in [-0.39, 0.29) is 52.9 Å². The molecule has 1 amide bonds. The largest absolute Gasteiger partial charge is 0.493 e. The van der Waals surface area contributed by atoms with Gasteiger partial charge in [-0.2, -0.15) is 18.3 Å². The van der Waals surface area contributed by atoms with Crippen molar-refractivity contribution in [1.82, 2.24) is 19.7 Å². The number of fused-ring (bicyclic) bond motifs is 1. The summed E-state index contributed by atoms with van der Waals surface area (Å²) in [7, 11) is 2.31. The molecule has 0 spiro atoms. The van der Waals surface area contributed by atoms with Crippen molar-refractivity contribution in [3.63, 3.8) is 0 Å². The van der Waals surface area contributed by atoms with E-state index >= 15 is 0 Å². The van der Waals surface area contributed by atoms with Gasteiger partial charge in [-0.05, 0) is 18.4 Å². The van der Waals surface area contributed by atoms with Crippen LogP contribution in [0.15, 0.2) is 24.9 Å². The van der Waals surface area contributed by atoms with Crippen molar-refractivity contribution in [3.05, 3.63) is 53.4 Å². The highest BCUT2D eigenvalue weighted by atomic mass is 19.4. The molecule has 4 rings (SSSR count). The number of aliphatic hydroxyl groups excluding tert-OH is 1. The van der Waals surface area contributed by atoms with Crippen molar-refractivity contribution in [3.8, 4) is 23.3 Å². The summed E-state index contributed by atoms with van der Waals surface area (Å²) in [5, 5.41) is 14.3. The molecule has 1 aromatic carbocycles. The first-order chi connectivity index (χ1) is 18.4. The number of hydrogen-bond acceptors (Lipinski definition) is 7. The average Bonchev–Trinajstić information content (AvgIpc) is 3.54. The van der Waals surface area contributed by atoms with E-state index in [1.165, 1.54) is 9.58 Å². The lowest BCUT2D eigenvalue weighted by atomic mass is 10.1. The minimum Gasteiger partial charge on any atom is -0.493 e. The first kappa shape index (κ1) is 27.6. The van der Waals surface area contributed by atoms with Gasteiger partial charge in [0.2, 0.25) is 5.91 Å². The SMILES string of the molecule is C=CC(=O)N1CC[C@H](n2nc(C#Cc3c(F)c(OC)cc(OC)c3F)c3c(N)ncc([C@@H](O)C(F)(F)F)c32)C1. The van der Waals surface area contributed by atoms with Crippen LogP contribution in [0.2, 0.25) is 0 Å². The predicted molar refractivity (Wildman–Crippen MR) is 129 cm³/mol. The fraction of sp³-hybridized carbons (Fsp3) is 0.320. The Morgan fingerprint density at radius 1 is 1.26 bits per heavy atom. The van der Waals surface area contributed by atoms with Gasteiger partial charge in [-0.1, -0.05) is 12.5 Å². The number of methoxy groups -OCH3 is 2. The van der Waals surface area contributed by atoms with Gasteiger partial charge >= 0.3 is 6.18 Å². The second kappa shape index (κ2) is 10.4. The van der Waals surface area contributed by atoms with Gasteiger partial charge in [0.05, 0.1) is 31.2 Å². The number of likely N-dealkylation sites (tertiary alicyclic amines) is 1. The summed E-state index contributed by atoms with van der Waals surface area (Å²) >= 11 is 0. The van der Waals surface area contributed by atoms with Crippen molar-refractivity contribution < 1.29 is 41.3 Å². The summed E-state index contributed by atoms with van der Waals surface area (Å²) in [5.74, 6) is 1.12. The Bertz CT molecular complexity index is 1500. The number of hydrogen-bond donors (Lipinski definition) is 2. The lowest BCUT2D eigenvalue weighted by molar-refractivity contribution is -0.206. The Morgan fingerprint density at radius 3 is 2.46 bits per heavy atom. The summed E-state index contributed by atoms with van der Waals surface area (Å²) in [6.45, 7) is 3.75. The molecule has 206 valence electrons. The van der Waals surface area contributed by atoms with Gasteiger partial charge in [-0.3, -0.25) is 9.48 Å². The van der Waals surface area contributed by atoms with Crippen LogP contribution in [0.4, 0.5) is 27.8 Å². The molecule has 2 aromatic heterocycles. The number of rotatable bonds is 5. The van der Waals surface area contributed by atoms with E-state index in [4.69, 9.17) is 15.2 Å². The van der Waals surface area contributed by atoms with Crippen LogP contribution in [0, 0.1) is 23.5 Å². The Labute approximate surface area is 218 Å². The number of aromatic nitrogens is 3. The molecule has 0 bridgehead atoms. The van der Waals surface area contributed by atoms with E-state index in [2.05, 4.69) is 28.5 Å². The molecule has 0 unspecified atom stereocenters. The number of nitrogen functional groups attached to an aromatic ring is 1. The number of nitrogens with two attached hydrogens (primary N) is 1. The second-order valence-electron chi connectivity index (χ2n) is 8.52. The number of halogens is 5. The van der Waals surface area contributed by atoms with Crippen LogP contribution in [0.3, 0.4) is 0 Å². The van der Waals surface area contributed by atoms with Crippen LogP contribution >= 0.6 is 0 Å². The summed E-state index contributed by atoms with van der Waals surface area (Å²) in [4.78, 5) is 17.3. The minimum atomic E-state index is -5.06. The molecule has 0 radical (unpaired) electrons. The van der Waals surface area contributed by atoms with Gasteiger partial charge in [0.15, 0.2) is 29.2 Å². The highest BCUT2D eigenvalue weighted by Gasteiger charge is 2.42. The van der Waals surface area contributed by atoms with Crippen LogP contribution in [0.5, 0.6) is 11.5 Å². The molecule has 0 aliphatic carbocycles.